The van der Waals surface area contributed by atoms with Crippen molar-refractivity contribution in [3.63, 3.8) is 0 Å². The number of rotatable bonds is 5. The summed E-state index contributed by atoms with van der Waals surface area (Å²) in [6, 6.07) is 5.58. The summed E-state index contributed by atoms with van der Waals surface area (Å²) in [6.45, 7) is 1.96. The van der Waals surface area contributed by atoms with E-state index in [1.54, 1.807) is 18.0 Å². The minimum Gasteiger partial charge on any atom is -0.495 e. The average molecular weight is 317 g/mol. The molecule has 3 aromatic rings. The van der Waals surface area contributed by atoms with Crippen LogP contribution in [0.1, 0.15) is 19.8 Å². The van der Waals surface area contributed by atoms with E-state index in [0.29, 0.717) is 17.9 Å². The molecule has 0 unspecified atom stereocenters. The molecular weight excluding hydrogens is 302 g/mol. The Kier molecular flexibility index (Phi) is 4.01. The van der Waals surface area contributed by atoms with Crippen molar-refractivity contribution in [3.05, 3.63) is 24.5 Å². The first-order chi connectivity index (χ1) is 10.7. The lowest BCUT2D eigenvalue weighted by molar-refractivity contribution is -0.116. The SMILES string of the molecule is CCCC(=O)Nc1cc(-c2nn3cnnc3s2)ccc1OC. The minimum absolute atomic E-state index is 0.0314. The molecule has 3 rings (SSSR count). The smallest absolute Gasteiger partial charge is 0.234 e. The Bertz CT molecular complexity index is 782. The Balaban J connectivity index is 1.95. The van der Waals surface area contributed by atoms with E-state index in [1.165, 1.54) is 11.3 Å². The largest absolute Gasteiger partial charge is 0.495 e. The van der Waals surface area contributed by atoms with Crippen molar-refractivity contribution < 1.29 is 9.53 Å². The summed E-state index contributed by atoms with van der Waals surface area (Å²) in [4.78, 5) is 12.6. The lowest BCUT2D eigenvalue weighted by Gasteiger charge is -2.11. The Morgan fingerprint density at radius 3 is 3.05 bits per heavy atom. The fourth-order valence-electron chi connectivity index (χ4n) is 2.05. The van der Waals surface area contributed by atoms with Gasteiger partial charge in [0.05, 0.1) is 12.8 Å². The van der Waals surface area contributed by atoms with Gasteiger partial charge in [-0.2, -0.15) is 9.61 Å². The summed E-state index contributed by atoms with van der Waals surface area (Å²) in [5.74, 6) is 0.590. The molecule has 0 atom stereocenters. The van der Waals surface area contributed by atoms with Crippen LogP contribution in [0, 0.1) is 0 Å². The number of amides is 1. The number of hydrogen-bond acceptors (Lipinski definition) is 6. The van der Waals surface area contributed by atoms with Gasteiger partial charge in [-0.3, -0.25) is 4.79 Å². The number of carbonyl (C=O) groups is 1. The number of aromatic nitrogens is 4. The molecule has 0 spiro atoms. The second-order valence-corrected chi connectivity index (χ2v) is 5.63. The molecule has 22 heavy (non-hydrogen) atoms. The number of ether oxygens (including phenoxy) is 1. The van der Waals surface area contributed by atoms with Crippen LogP contribution in [0.25, 0.3) is 15.5 Å². The molecule has 0 radical (unpaired) electrons. The van der Waals surface area contributed by atoms with Gasteiger partial charge in [-0.25, -0.2) is 0 Å². The summed E-state index contributed by atoms with van der Waals surface area (Å²) in [7, 11) is 1.58. The zero-order valence-electron chi connectivity index (χ0n) is 12.2. The van der Waals surface area contributed by atoms with Crippen LogP contribution in [0.5, 0.6) is 5.75 Å². The third-order valence-corrected chi connectivity index (χ3v) is 4.05. The maximum atomic E-state index is 11.8. The van der Waals surface area contributed by atoms with Gasteiger partial charge in [0, 0.05) is 12.0 Å². The molecular formula is C14H15N5O2S. The number of hydrogen-bond donors (Lipinski definition) is 1. The number of nitrogens with zero attached hydrogens (tertiary/aromatic N) is 4. The monoisotopic (exact) mass is 317 g/mol. The third kappa shape index (κ3) is 2.77. The average Bonchev–Trinajstić information content (AvgIpc) is 3.08. The second kappa shape index (κ2) is 6.10. The molecule has 1 N–H and O–H groups in total. The van der Waals surface area contributed by atoms with Crippen molar-refractivity contribution >= 4 is 27.9 Å². The van der Waals surface area contributed by atoms with Gasteiger partial charge in [0.2, 0.25) is 10.9 Å². The summed E-state index contributed by atoms with van der Waals surface area (Å²) >= 11 is 1.43. The van der Waals surface area contributed by atoms with E-state index < -0.39 is 0 Å². The zero-order valence-corrected chi connectivity index (χ0v) is 13.1. The van der Waals surface area contributed by atoms with E-state index in [1.807, 2.05) is 25.1 Å². The third-order valence-electron chi connectivity index (χ3n) is 3.08. The first kappa shape index (κ1) is 14.5. The molecule has 1 aromatic carbocycles. The normalized spacial score (nSPS) is 10.8. The molecule has 8 heteroatoms. The summed E-state index contributed by atoms with van der Waals surface area (Å²) in [6.07, 6.45) is 2.83. The van der Waals surface area contributed by atoms with Gasteiger partial charge < -0.3 is 10.1 Å². The number of carbonyl (C=O) groups excluding carboxylic acids is 1. The van der Waals surface area contributed by atoms with E-state index in [-0.39, 0.29) is 5.91 Å². The Hall–Kier alpha value is -2.48. The first-order valence-electron chi connectivity index (χ1n) is 6.86. The highest BCUT2D eigenvalue weighted by Crippen LogP contribution is 2.32. The number of anilines is 1. The molecule has 114 valence electrons. The lowest BCUT2D eigenvalue weighted by Crippen LogP contribution is -2.11. The molecule has 0 aliphatic carbocycles. The molecule has 7 nitrogen and oxygen atoms in total. The number of fused-ring (bicyclic) bond motifs is 1. The van der Waals surface area contributed by atoms with Crippen LogP contribution < -0.4 is 10.1 Å². The molecule has 2 aromatic heterocycles. The van der Waals surface area contributed by atoms with Gasteiger partial charge in [-0.1, -0.05) is 18.3 Å². The summed E-state index contributed by atoms with van der Waals surface area (Å²) in [5.41, 5.74) is 1.53. The van der Waals surface area contributed by atoms with E-state index in [0.717, 1.165) is 22.0 Å². The van der Waals surface area contributed by atoms with Crippen molar-refractivity contribution in [2.45, 2.75) is 19.8 Å². The zero-order chi connectivity index (χ0) is 15.5. The minimum atomic E-state index is -0.0314. The predicted molar refractivity (Wildman–Crippen MR) is 84.2 cm³/mol. The van der Waals surface area contributed by atoms with E-state index in [4.69, 9.17) is 4.74 Å². The van der Waals surface area contributed by atoms with Gasteiger partial charge in [0.1, 0.15) is 17.1 Å². The highest BCUT2D eigenvalue weighted by molar-refractivity contribution is 7.19. The van der Waals surface area contributed by atoms with Gasteiger partial charge in [0.25, 0.3) is 0 Å². The highest BCUT2D eigenvalue weighted by Gasteiger charge is 2.12. The van der Waals surface area contributed by atoms with Crippen molar-refractivity contribution in [1.29, 1.82) is 0 Å². The maximum absolute atomic E-state index is 11.8. The Morgan fingerprint density at radius 1 is 1.45 bits per heavy atom. The molecule has 0 aliphatic heterocycles. The van der Waals surface area contributed by atoms with Crippen molar-refractivity contribution in [2.75, 3.05) is 12.4 Å². The van der Waals surface area contributed by atoms with E-state index in [9.17, 15) is 4.79 Å². The summed E-state index contributed by atoms with van der Waals surface area (Å²) < 4.78 is 6.92. The number of nitrogens with one attached hydrogen (secondary N) is 1. The summed E-state index contributed by atoms with van der Waals surface area (Å²) in [5, 5.41) is 15.8. The van der Waals surface area contributed by atoms with Crippen LogP contribution in [-0.4, -0.2) is 32.8 Å². The fourth-order valence-corrected chi connectivity index (χ4v) is 2.87. The topological polar surface area (TPSA) is 81.4 Å². The molecule has 0 saturated carbocycles. The molecule has 0 aliphatic rings. The van der Waals surface area contributed by atoms with Gasteiger partial charge in [-0.15, -0.1) is 10.2 Å². The van der Waals surface area contributed by atoms with Crippen LogP contribution in [0.3, 0.4) is 0 Å². The van der Waals surface area contributed by atoms with Crippen molar-refractivity contribution in [1.82, 2.24) is 19.8 Å². The van der Waals surface area contributed by atoms with E-state index >= 15 is 0 Å². The van der Waals surface area contributed by atoms with Crippen LogP contribution in [0.4, 0.5) is 5.69 Å². The lowest BCUT2D eigenvalue weighted by atomic mass is 10.2. The van der Waals surface area contributed by atoms with Crippen molar-refractivity contribution in [3.8, 4) is 16.3 Å². The Labute approximate surface area is 130 Å². The Morgan fingerprint density at radius 2 is 2.32 bits per heavy atom. The van der Waals surface area contributed by atoms with Crippen LogP contribution in [0.2, 0.25) is 0 Å². The van der Waals surface area contributed by atoms with Crippen LogP contribution in [-0.2, 0) is 4.79 Å². The number of benzene rings is 1. The van der Waals surface area contributed by atoms with Gasteiger partial charge >= 0.3 is 0 Å². The van der Waals surface area contributed by atoms with Crippen LogP contribution >= 0.6 is 11.3 Å². The number of methoxy groups -OCH3 is 1. The van der Waals surface area contributed by atoms with E-state index in [2.05, 4.69) is 20.6 Å². The van der Waals surface area contributed by atoms with Gasteiger partial charge in [0.15, 0.2) is 0 Å². The second-order valence-electron chi connectivity index (χ2n) is 4.68. The fraction of sp³-hybridized carbons (Fsp3) is 0.286. The molecule has 0 fully saturated rings. The quantitative estimate of drug-likeness (QED) is 0.782. The molecule has 0 saturated heterocycles. The molecule has 2 heterocycles. The highest BCUT2D eigenvalue weighted by atomic mass is 32.1. The van der Waals surface area contributed by atoms with Crippen LogP contribution in [0.15, 0.2) is 24.5 Å². The molecule has 0 bridgehead atoms. The maximum Gasteiger partial charge on any atom is 0.234 e. The predicted octanol–water partition coefficient (Wildman–Crippen LogP) is 2.60. The van der Waals surface area contributed by atoms with Gasteiger partial charge in [-0.05, 0) is 24.6 Å². The molecule has 1 amide bonds. The van der Waals surface area contributed by atoms with Crippen molar-refractivity contribution in [2.24, 2.45) is 0 Å². The first-order valence-corrected chi connectivity index (χ1v) is 7.68. The standard InChI is InChI=1S/C14H15N5O2S/c1-3-4-12(20)16-10-7-9(5-6-11(10)21-2)13-18-19-8-15-17-14(19)22-13/h5-8H,3-4H2,1-2H3,(H,16,20).